The average Bonchev–Trinajstić information content (AvgIpc) is 2.57. The van der Waals surface area contributed by atoms with E-state index in [4.69, 9.17) is 10.00 Å². The van der Waals surface area contributed by atoms with E-state index in [-0.39, 0.29) is 12.4 Å². The van der Waals surface area contributed by atoms with Crippen LogP contribution in [0, 0.1) is 17.1 Å². The van der Waals surface area contributed by atoms with Crippen LogP contribution in [0.2, 0.25) is 0 Å². The molecule has 2 aromatic rings. The number of hydrogen-bond donors (Lipinski definition) is 1. The maximum atomic E-state index is 14.0. The van der Waals surface area contributed by atoms with E-state index < -0.39 is 0 Å². The van der Waals surface area contributed by atoms with Crippen LogP contribution in [0.25, 0.3) is 0 Å². The zero-order valence-electron chi connectivity index (χ0n) is 13.0. The van der Waals surface area contributed by atoms with E-state index >= 15 is 0 Å². The van der Waals surface area contributed by atoms with Gasteiger partial charge in [0.1, 0.15) is 11.6 Å². The molecule has 0 heterocycles. The van der Waals surface area contributed by atoms with Crippen molar-refractivity contribution in [3.63, 3.8) is 0 Å². The summed E-state index contributed by atoms with van der Waals surface area (Å²) < 4.78 is 19.3. The molecule has 0 aliphatic carbocycles. The molecule has 0 aromatic heterocycles. The Balaban J connectivity index is 2.21. The number of halogens is 1. The highest BCUT2D eigenvalue weighted by molar-refractivity contribution is 5.35. The molecule has 1 N–H and O–H groups in total. The summed E-state index contributed by atoms with van der Waals surface area (Å²) in [4.78, 5) is 1.91. The van der Waals surface area contributed by atoms with Gasteiger partial charge in [0.25, 0.3) is 0 Å². The number of nitrogens with zero attached hydrogens (tertiary/aromatic N) is 2. The third-order valence-electron chi connectivity index (χ3n) is 3.57. The second kappa shape index (κ2) is 8.28. The fourth-order valence-electron chi connectivity index (χ4n) is 2.44. The predicted molar refractivity (Wildman–Crippen MR) is 85.3 cm³/mol. The summed E-state index contributed by atoms with van der Waals surface area (Å²) in [7, 11) is 1.60. The van der Waals surface area contributed by atoms with Crippen molar-refractivity contribution in [2.45, 2.75) is 13.1 Å². The molecule has 120 valence electrons. The lowest BCUT2D eigenvalue weighted by Gasteiger charge is -2.23. The van der Waals surface area contributed by atoms with E-state index in [9.17, 15) is 9.50 Å². The van der Waals surface area contributed by atoms with Crippen molar-refractivity contribution in [1.82, 2.24) is 4.90 Å². The summed E-state index contributed by atoms with van der Waals surface area (Å²) in [5.41, 5.74) is 1.82. The SMILES string of the molecule is COc1ccccc1CN(CCO)Cc1cc(C#N)ccc1F. The Hall–Kier alpha value is -2.42. The van der Waals surface area contributed by atoms with Gasteiger partial charge in [0.15, 0.2) is 0 Å². The highest BCUT2D eigenvalue weighted by atomic mass is 19.1. The molecule has 0 fully saturated rings. The minimum Gasteiger partial charge on any atom is -0.496 e. The van der Waals surface area contributed by atoms with Crippen LogP contribution in [-0.2, 0) is 13.1 Å². The summed E-state index contributed by atoms with van der Waals surface area (Å²) in [6.45, 7) is 1.18. The Morgan fingerprint density at radius 3 is 2.61 bits per heavy atom. The molecule has 0 aliphatic rings. The van der Waals surface area contributed by atoms with Gasteiger partial charge in [0, 0.05) is 30.8 Å². The number of aliphatic hydroxyl groups is 1. The third kappa shape index (κ3) is 4.52. The van der Waals surface area contributed by atoms with Crippen molar-refractivity contribution >= 4 is 0 Å². The number of rotatable bonds is 7. The van der Waals surface area contributed by atoms with Gasteiger partial charge in [-0.1, -0.05) is 18.2 Å². The van der Waals surface area contributed by atoms with Crippen molar-refractivity contribution in [1.29, 1.82) is 5.26 Å². The van der Waals surface area contributed by atoms with Crippen LogP contribution < -0.4 is 4.74 Å². The van der Waals surface area contributed by atoms with Gasteiger partial charge in [-0.2, -0.15) is 5.26 Å². The number of ether oxygens (including phenoxy) is 1. The van der Waals surface area contributed by atoms with Crippen molar-refractivity contribution in [3.05, 3.63) is 65.0 Å². The first-order chi connectivity index (χ1) is 11.2. The maximum Gasteiger partial charge on any atom is 0.127 e. The molecule has 0 radical (unpaired) electrons. The van der Waals surface area contributed by atoms with E-state index in [1.807, 2.05) is 35.2 Å². The van der Waals surface area contributed by atoms with Crippen molar-refractivity contribution in [3.8, 4) is 11.8 Å². The van der Waals surface area contributed by atoms with Gasteiger partial charge in [0.2, 0.25) is 0 Å². The van der Waals surface area contributed by atoms with Gasteiger partial charge < -0.3 is 9.84 Å². The molecule has 0 unspecified atom stereocenters. The van der Waals surface area contributed by atoms with E-state index in [2.05, 4.69) is 0 Å². The fourth-order valence-corrected chi connectivity index (χ4v) is 2.44. The lowest BCUT2D eigenvalue weighted by atomic mass is 10.1. The summed E-state index contributed by atoms with van der Waals surface area (Å²) in [5, 5.41) is 18.2. The molecule has 4 nitrogen and oxygen atoms in total. The highest BCUT2D eigenvalue weighted by Crippen LogP contribution is 2.21. The second-order valence-corrected chi connectivity index (χ2v) is 5.16. The monoisotopic (exact) mass is 314 g/mol. The van der Waals surface area contributed by atoms with E-state index in [0.717, 1.165) is 11.3 Å². The first-order valence-corrected chi connectivity index (χ1v) is 7.31. The van der Waals surface area contributed by atoms with E-state index in [1.54, 1.807) is 13.2 Å². The van der Waals surface area contributed by atoms with Gasteiger partial charge in [0.05, 0.1) is 25.3 Å². The zero-order valence-corrected chi connectivity index (χ0v) is 13.0. The minimum absolute atomic E-state index is 0.0330. The first kappa shape index (κ1) is 16.9. The van der Waals surface area contributed by atoms with Gasteiger partial charge in [-0.15, -0.1) is 0 Å². The van der Waals surface area contributed by atoms with Crippen LogP contribution in [0.15, 0.2) is 42.5 Å². The maximum absolute atomic E-state index is 14.0. The number of aliphatic hydroxyl groups excluding tert-OH is 1. The summed E-state index contributed by atoms with van der Waals surface area (Å²) in [6.07, 6.45) is 0. The molecule has 0 bridgehead atoms. The normalized spacial score (nSPS) is 10.6. The Morgan fingerprint density at radius 1 is 1.17 bits per heavy atom. The molecule has 2 rings (SSSR count). The molecule has 0 saturated heterocycles. The molecule has 23 heavy (non-hydrogen) atoms. The molecular formula is C18H19FN2O2. The molecule has 0 atom stereocenters. The minimum atomic E-state index is -0.355. The largest absolute Gasteiger partial charge is 0.496 e. The molecule has 5 heteroatoms. The topological polar surface area (TPSA) is 56.5 Å². The Morgan fingerprint density at radius 2 is 1.91 bits per heavy atom. The van der Waals surface area contributed by atoms with Gasteiger partial charge in [-0.3, -0.25) is 4.90 Å². The van der Waals surface area contributed by atoms with Crippen LogP contribution in [0.4, 0.5) is 4.39 Å². The third-order valence-corrected chi connectivity index (χ3v) is 3.57. The quantitative estimate of drug-likeness (QED) is 0.854. The van der Waals surface area contributed by atoms with E-state index in [0.29, 0.717) is 30.8 Å². The first-order valence-electron chi connectivity index (χ1n) is 7.31. The van der Waals surface area contributed by atoms with Crippen LogP contribution in [0.3, 0.4) is 0 Å². The number of nitriles is 1. The Labute approximate surface area is 135 Å². The van der Waals surface area contributed by atoms with Crippen LogP contribution in [0.5, 0.6) is 5.75 Å². The lowest BCUT2D eigenvalue weighted by Crippen LogP contribution is -2.26. The summed E-state index contributed by atoms with van der Waals surface area (Å²) >= 11 is 0. The average molecular weight is 314 g/mol. The standard InChI is InChI=1S/C18H19FN2O2/c1-23-18-5-3-2-4-15(18)12-21(8-9-22)13-16-10-14(11-20)6-7-17(16)19/h2-7,10,22H,8-9,12-13H2,1H3. The van der Waals surface area contributed by atoms with Crippen molar-refractivity contribution in [2.75, 3.05) is 20.3 Å². The van der Waals surface area contributed by atoms with E-state index in [1.165, 1.54) is 12.1 Å². The number of methoxy groups -OCH3 is 1. The molecule has 0 spiro atoms. The predicted octanol–water partition coefficient (Wildman–Crippen LogP) is 2.70. The Kier molecular flexibility index (Phi) is 6.10. The van der Waals surface area contributed by atoms with Gasteiger partial charge in [-0.25, -0.2) is 4.39 Å². The summed E-state index contributed by atoms with van der Waals surface area (Å²) in [6, 6.07) is 13.9. The van der Waals surface area contributed by atoms with Gasteiger partial charge >= 0.3 is 0 Å². The smallest absolute Gasteiger partial charge is 0.127 e. The molecular weight excluding hydrogens is 295 g/mol. The van der Waals surface area contributed by atoms with Crippen molar-refractivity contribution in [2.24, 2.45) is 0 Å². The Bertz CT molecular complexity index is 698. The van der Waals surface area contributed by atoms with Crippen LogP contribution >= 0.6 is 0 Å². The second-order valence-electron chi connectivity index (χ2n) is 5.16. The highest BCUT2D eigenvalue weighted by Gasteiger charge is 2.13. The van der Waals surface area contributed by atoms with Crippen LogP contribution in [-0.4, -0.2) is 30.3 Å². The number of benzene rings is 2. The van der Waals surface area contributed by atoms with Crippen molar-refractivity contribution < 1.29 is 14.2 Å². The molecule has 2 aromatic carbocycles. The fraction of sp³-hybridized carbons (Fsp3) is 0.278. The summed E-state index contributed by atoms with van der Waals surface area (Å²) in [5.74, 6) is 0.397. The number of para-hydroxylation sites is 1. The van der Waals surface area contributed by atoms with Crippen LogP contribution in [0.1, 0.15) is 16.7 Å². The zero-order chi connectivity index (χ0) is 16.7. The number of hydrogen-bond acceptors (Lipinski definition) is 4. The van der Waals surface area contributed by atoms with Gasteiger partial charge in [-0.05, 0) is 24.3 Å². The molecule has 0 saturated carbocycles. The molecule has 0 amide bonds. The molecule has 0 aliphatic heterocycles. The lowest BCUT2D eigenvalue weighted by molar-refractivity contribution is 0.181.